The van der Waals surface area contributed by atoms with Crippen molar-refractivity contribution in [3.05, 3.63) is 20.8 Å². The predicted octanol–water partition coefficient (Wildman–Crippen LogP) is 2.35. The second-order valence-corrected chi connectivity index (χ2v) is 9.38. The van der Waals surface area contributed by atoms with Gasteiger partial charge in [-0.1, -0.05) is 0 Å². The molecule has 90 valence electrons. The van der Waals surface area contributed by atoms with Gasteiger partial charge >= 0.3 is 0 Å². The zero-order valence-electron chi connectivity index (χ0n) is 9.16. The van der Waals surface area contributed by atoms with Crippen LogP contribution in [0.4, 0.5) is 0 Å². The normalized spacial score (nSPS) is 27.8. The van der Waals surface area contributed by atoms with Crippen molar-refractivity contribution in [1.29, 1.82) is 0 Å². The number of nitrogens with one attached hydrogen (secondary N) is 1. The zero-order valence-corrected chi connectivity index (χ0v) is 12.4. The molecule has 0 aliphatic carbocycles. The van der Waals surface area contributed by atoms with E-state index in [1.807, 2.05) is 26.0 Å². The Balaban J connectivity index is 2.30. The van der Waals surface area contributed by atoms with E-state index >= 15 is 0 Å². The molecule has 1 aliphatic heterocycles. The molecule has 1 aromatic rings. The second-order valence-electron chi connectivity index (χ2n) is 4.78. The molecule has 2 heterocycles. The van der Waals surface area contributed by atoms with E-state index in [0.717, 1.165) is 8.66 Å². The molecule has 1 atom stereocenters. The molecular weight excluding hydrogens is 310 g/mol. The van der Waals surface area contributed by atoms with Crippen molar-refractivity contribution in [3.63, 3.8) is 0 Å². The van der Waals surface area contributed by atoms with Gasteiger partial charge in [-0.2, -0.15) is 0 Å². The highest BCUT2D eigenvalue weighted by Gasteiger charge is 2.37. The predicted molar refractivity (Wildman–Crippen MR) is 70.6 cm³/mol. The van der Waals surface area contributed by atoms with Crippen LogP contribution in [-0.4, -0.2) is 25.5 Å². The van der Waals surface area contributed by atoms with Crippen molar-refractivity contribution in [1.82, 2.24) is 5.32 Å². The molecule has 0 spiro atoms. The zero-order chi connectivity index (χ0) is 12.0. The number of hydrogen-bond acceptors (Lipinski definition) is 4. The lowest BCUT2D eigenvalue weighted by molar-refractivity contribution is 0.362. The maximum Gasteiger partial charge on any atom is 0.153 e. The third-order valence-electron chi connectivity index (χ3n) is 2.50. The number of halogens is 1. The lowest BCUT2D eigenvalue weighted by Gasteiger charge is -2.36. The van der Waals surface area contributed by atoms with Crippen molar-refractivity contribution in [2.75, 3.05) is 11.5 Å². The molecule has 16 heavy (non-hydrogen) atoms. The second kappa shape index (κ2) is 4.08. The molecule has 1 N–H and O–H groups in total. The summed E-state index contributed by atoms with van der Waals surface area (Å²) in [7, 11) is -2.95. The molecule has 6 heteroatoms. The van der Waals surface area contributed by atoms with Crippen LogP contribution in [0.15, 0.2) is 15.9 Å². The lowest BCUT2D eigenvalue weighted by Crippen LogP contribution is -2.53. The van der Waals surface area contributed by atoms with E-state index in [0.29, 0.717) is 0 Å². The number of thiophene rings is 1. The Hall–Kier alpha value is 0.0900. The van der Waals surface area contributed by atoms with Crippen LogP contribution in [0, 0.1) is 0 Å². The van der Waals surface area contributed by atoms with Gasteiger partial charge in [0.05, 0.1) is 21.3 Å². The quantitative estimate of drug-likeness (QED) is 0.862. The Kier molecular flexibility index (Phi) is 3.20. The average Bonchev–Trinajstić information content (AvgIpc) is 2.45. The minimum atomic E-state index is -2.95. The summed E-state index contributed by atoms with van der Waals surface area (Å²) in [4.78, 5) is 1.07. The molecule has 0 saturated carbocycles. The summed E-state index contributed by atoms with van der Waals surface area (Å²) in [6.07, 6.45) is 0. The van der Waals surface area contributed by atoms with Gasteiger partial charge in [0.25, 0.3) is 0 Å². The summed E-state index contributed by atoms with van der Waals surface area (Å²) in [6.45, 7) is 3.86. The van der Waals surface area contributed by atoms with Crippen molar-refractivity contribution < 1.29 is 8.42 Å². The highest BCUT2D eigenvalue weighted by Crippen LogP contribution is 2.32. The van der Waals surface area contributed by atoms with Crippen molar-refractivity contribution in [2.24, 2.45) is 0 Å². The number of sulfone groups is 1. The van der Waals surface area contributed by atoms with Crippen LogP contribution in [0.5, 0.6) is 0 Å². The molecule has 0 aromatic carbocycles. The first-order chi connectivity index (χ1) is 7.27. The SMILES string of the molecule is CC1(C)CS(=O)(=O)CC(c2ccc(Br)s2)N1. The molecule has 1 saturated heterocycles. The Labute approximate surface area is 108 Å². The standard InChI is InChI=1S/C10H14BrNO2S2/c1-10(2)6-16(13,14)5-7(12-10)8-3-4-9(11)15-8/h3-4,7,12H,5-6H2,1-2H3. The Morgan fingerprint density at radius 2 is 2.19 bits per heavy atom. The summed E-state index contributed by atoms with van der Waals surface area (Å²) in [5.41, 5.74) is -0.349. The summed E-state index contributed by atoms with van der Waals surface area (Å²) < 4.78 is 24.7. The highest BCUT2D eigenvalue weighted by molar-refractivity contribution is 9.11. The molecule has 3 nitrogen and oxygen atoms in total. The van der Waals surface area contributed by atoms with Gasteiger partial charge in [-0.05, 0) is 41.9 Å². The van der Waals surface area contributed by atoms with Gasteiger partial charge in [0.2, 0.25) is 0 Å². The summed E-state index contributed by atoms with van der Waals surface area (Å²) in [5.74, 6) is 0.409. The van der Waals surface area contributed by atoms with E-state index in [2.05, 4.69) is 21.2 Å². The van der Waals surface area contributed by atoms with Gasteiger partial charge in [-0.15, -0.1) is 11.3 Å². The van der Waals surface area contributed by atoms with Crippen molar-refractivity contribution >= 4 is 37.1 Å². The fourth-order valence-electron chi connectivity index (χ4n) is 2.09. The van der Waals surface area contributed by atoms with E-state index in [4.69, 9.17) is 0 Å². The molecule has 1 unspecified atom stereocenters. The van der Waals surface area contributed by atoms with Crippen molar-refractivity contribution in [3.8, 4) is 0 Å². The number of rotatable bonds is 1. The van der Waals surface area contributed by atoms with Gasteiger partial charge in [-0.3, -0.25) is 0 Å². The van der Waals surface area contributed by atoms with Crippen LogP contribution >= 0.6 is 27.3 Å². The molecule has 0 bridgehead atoms. The van der Waals surface area contributed by atoms with E-state index in [1.165, 1.54) is 0 Å². The molecule has 0 amide bonds. The van der Waals surface area contributed by atoms with E-state index in [9.17, 15) is 8.42 Å². The minimum absolute atomic E-state index is 0.0787. The van der Waals surface area contributed by atoms with Gasteiger partial charge in [0.1, 0.15) is 0 Å². The Morgan fingerprint density at radius 3 is 2.69 bits per heavy atom. The monoisotopic (exact) mass is 323 g/mol. The average molecular weight is 324 g/mol. The van der Waals surface area contributed by atoms with Crippen molar-refractivity contribution in [2.45, 2.75) is 25.4 Å². The van der Waals surface area contributed by atoms with Crippen LogP contribution in [0.3, 0.4) is 0 Å². The minimum Gasteiger partial charge on any atom is -0.302 e. The lowest BCUT2D eigenvalue weighted by atomic mass is 10.1. The van der Waals surface area contributed by atoms with Crippen LogP contribution < -0.4 is 5.32 Å². The highest BCUT2D eigenvalue weighted by atomic mass is 79.9. The van der Waals surface area contributed by atoms with Crippen LogP contribution in [0.2, 0.25) is 0 Å². The molecule has 2 rings (SSSR count). The third-order valence-corrected chi connectivity index (χ3v) is 6.24. The van der Waals surface area contributed by atoms with E-state index < -0.39 is 9.84 Å². The fourth-order valence-corrected chi connectivity index (χ4v) is 5.74. The third kappa shape index (κ3) is 2.85. The summed E-state index contributed by atoms with van der Waals surface area (Å²) in [6, 6.07) is 3.85. The largest absolute Gasteiger partial charge is 0.302 e. The fraction of sp³-hybridized carbons (Fsp3) is 0.600. The maximum absolute atomic E-state index is 11.8. The van der Waals surface area contributed by atoms with Crippen LogP contribution in [-0.2, 0) is 9.84 Å². The van der Waals surface area contributed by atoms with Crippen LogP contribution in [0.25, 0.3) is 0 Å². The molecule has 0 radical (unpaired) electrons. The maximum atomic E-state index is 11.8. The molecule has 1 aromatic heterocycles. The first kappa shape index (κ1) is 12.5. The van der Waals surface area contributed by atoms with E-state index in [-0.39, 0.29) is 23.1 Å². The van der Waals surface area contributed by atoms with Gasteiger partial charge < -0.3 is 5.32 Å². The van der Waals surface area contributed by atoms with Crippen LogP contribution in [0.1, 0.15) is 24.8 Å². The first-order valence-electron chi connectivity index (χ1n) is 5.01. The molecule has 1 aliphatic rings. The Bertz CT molecular complexity index is 493. The smallest absolute Gasteiger partial charge is 0.153 e. The van der Waals surface area contributed by atoms with Gasteiger partial charge in [0, 0.05) is 10.4 Å². The summed E-state index contributed by atoms with van der Waals surface area (Å²) in [5, 5.41) is 3.39. The Morgan fingerprint density at radius 1 is 1.50 bits per heavy atom. The number of hydrogen-bond donors (Lipinski definition) is 1. The molecular formula is C10H14BrNO2S2. The topological polar surface area (TPSA) is 46.2 Å². The van der Waals surface area contributed by atoms with E-state index in [1.54, 1.807) is 11.3 Å². The van der Waals surface area contributed by atoms with Gasteiger partial charge in [0.15, 0.2) is 9.84 Å². The first-order valence-corrected chi connectivity index (χ1v) is 8.44. The van der Waals surface area contributed by atoms with Gasteiger partial charge in [-0.25, -0.2) is 8.42 Å². The summed E-state index contributed by atoms with van der Waals surface area (Å²) >= 11 is 4.98. The molecule has 1 fully saturated rings.